The van der Waals surface area contributed by atoms with Gasteiger partial charge < -0.3 is 35.4 Å². The van der Waals surface area contributed by atoms with Crippen molar-refractivity contribution in [3.63, 3.8) is 0 Å². The second-order valence-corrected chi connectivity index (χ2v) is 14.9. The van der Waals surface area contributed by atoms with Crippen LogP contribution in [0.3, 0.4) is 0 Å². The Balaban J connectivity index is 0.000000259. The number of aliphatic hydroxyl groups excluding tert-OH is 6. The molecule has 0 spiro atoms. The molecule has 5 aliphatic rings. The monoisotopic (exact) mass is 566 g/mol. The summed E-state index contributed by atoms with van der Waals surface area (Å²) in [5.41, 5.74) is 2.60. The summed E-state index contributed by atoms with van der Waals surface area (Å²) in [6, 6.07) is 0. The molecule has 0 aromatic carbocycles. The van der Waals surface area contributed by atoms with E-state index < -0.39 is 37.3 Å². The molecule has 1 heterocycles. The van der Waals surface area contributed by atoms with Crippen LogP contribution >= 0.6 is 0 Å². The van der Waals surface area contributed by atoms with Crippen molar-refractivity contribution in [1.29, 1.82) is 0 Å². The molecule has 0 bridgehead atoms. The van der Waals surface area contributed by atoms with Crippen molar-refractivity contribution in [3.8, 4) is 0 Å². The Morgan fingerprint density at radius 3 is 2.27 bits per heavy atom. The molecule has 0 amide bonds. The maximum atomic E-state index is 10.2. The maximum absolute atomic E-state index is 10.2. The number of ether oxygens (including phenoxy) is 1. The molecule has 1 aliphatic heterocycles. The molecule has 0 radical (unpaired) electrons. The lowest BCUT2D eigenvalue weighted by Gasteiger charge is -2.58. The van der Waals surface area contributed by atoms with Crippen LogP contribution in [-0.4, -0.2) is 74.1 Å². The topological polar surface area (TPSA) is 131 Å². The van der Waals surface area contributed by atoms with Gasteiger partial charge in [0.15, 0.2) is 6.29 Å². The second kappa shape index (κ2) is 13.0. The van der Waals surface area contributed by atoms with Gasteiger partial charge in [0, 0.05) is 0 Å². The first-order valence-corrected chi connectivity index (χ1v) is 16.2. The van der Waals surface area contributed by atoms with Crippen LogP contribution in [0.5, 0.6) is 0 Å². The van der Waals surface area contributed by atoms with Gasteiger partial charge in [0.2, 0.25) is 0 Å². The minimum Gasteiger partial charge on any atom is -0.394 e. The van der Waals surface area contributed by atoms with Gasteiger partial charge >= 0.3 is 0 Å². The first-order valence-electron chi connectivity index (χ1n) is 16.2. The molecule has 7 heteroatoms. The van der Waals surface area contributed by atoms with E-state index in [1.807, 2.05) is 0 Å². The Labute approximate surface area is 242 Å². The van der Waals surface area contributed by atoms with E-state index in [0.717, 1.165) is 48.3 Å². The number of fused-ring (bicyclic) bond motifs is 5. The predicted octanol–water partition coefficient (Wildman–Crippen LogP) is 4.17. The highest BCUT2D eigenvalue weighted by atomic mass is 16.6. The third kappa shape index (κ3) is 6.22. The third-order valence-electron chi connectivity index (χ3n) is 12.1. The van der Waals surface area contributed by atoms with Crippen molar-refractivity contribution in [3.05, 3.63) is 11.6 Å². The van der Waals surface area contributed by atoms with Crippen molar-refractivity contribution in [2.75, 3.05) is 6.61 Å². The fraction of sp³-hybridized carbons (Fsp3) is 0.939. The van der Waals surface area contributed by atoms with E-state index in [2.05, 4.69) is 45.4 Å². The largest absolute Gasteiger partial charge is 0.394 e. The van der Waals surface area contributed by atoms with Crippen LogP contribution in [0.25, 0.3) is 0 Å². The summed E-state index contributed by atoms with van der Waals surface area (Å²) in [4.78, 5) is 0. The summed E-state index contributed by atoms with van der Waals surface area (Å²) in [6.07, 6.45) is 10.1. The number of hydrogen-bond donors (Lipinski definition) is 6. The average Bonchev–Trinajstić information content (AvgIpc) is 3.27. The Morgan fingerprint density at radius 1 is 0.875 bits per heavy atom. The zero-order chi connectivity index (χ0) is 29.4. The van der Waals surface area contributed by atoms with Crippen LogP contribution in [0.1, 0.15) is 105 Å². The van der Waals surface area contributed by atoms with Gasteiger partial charge in [-0.25, -0.2) is 0 Å². The summed E-state index contributed by atoms with van der Waals surface area (Å²) in [5.74, 6) is 5.46. The molecule has 7 nitrogen and oxygen atoms in total. The van der Waals surface area contributed by atoms with Crippen LogP contribution < -0.4 is 0 Å². The third-order valence-corrected chi connectivity index (χ3v) is 12.1. The van der Waals surface area contributed by atoms with Crippen molar-refractivity contribution in [1.82, 2.24) is 0 Å². The van der Waals surface area contributed by atoms with Gasteiger partial charge in [-0.15, -0.1) is 0 Å². The number of rotatable bonds is 6. The minimum absolute atomic E-state index is 0.0766. The van der Waals surface area contributed by atoms with Gasteiger partial charge in [-0.05, 0) is 97.7 Å². The first-order chi connectivity index (χ1) is 18.8. The lowest BCUT2D eigenvalue weighted by Crippen LogP contribution is -2.58. The van der Waals surface area contributed by atoms with Crippen LogP contribution in [0.4, 0.5) is 0 Å². The van der Waals surface area contributed by atoms with Crippen molar-refractivity contribution in [2.45, 2.75) is 142 Å². The molecular weight excluding hydrogens is 508 g/mol. The smallest absolute Gasteiger partial charge is 0.184 e. The zero-order valence-electron chi connectivity index (χ0n) is 25.6. The standard InChI is InChI=1S/C27H46O.C6H12O6/c1-18(2)7-6-8-19(3)23-11-12-24-22-10-9-20-17-21(28)13-15-26(20,4)25(22)14-16-27(23,24)5;7-1-2-3(8)4(9)5(10)6(11)12-2/h9,18-19,21-25,28H,6-8,10-17H2,1-5H3;2-11H,1H2/t;2-,3-,4+,5-,6?/m.1/s1. The molecule has 13 atom stereocenters. The molecular formula is C33H58O7. The van der Waals surface area contributed by atoms with Gasteiger partial charge in [-0.2, -0.15) is 0 Å². The van der Waals surface area contributed by atoms with Crippen LogP contribution in [-0.2, 0) is 4.74 Å². The Morgan fingerprint density at radius 2 is 1.60 bits per heavy atom. The number of allylic oxidation sites excluding steroid dienone is 1. The Kier molecular flexibility index (Phi) is 10.5. The lowest BCUT2D eigenvalue weighted by atomic mass is 9.47. The summed E-state index contributed by atoms with van der Waals surface area (Å²) in [7, 11) is 0. The predicted molar refractivity (Wildman–Crippen MR) is 155 cm³/mol. The van der Waals surface area contributed by atoms with Gasteiger partial charge in [0.1, 0.15) is 24.4 Å². The van der Waals surface area contributed by atoms with E-state index in [9.17, 15) is 5.11 Å². The van der Waals surface area contributed by atoms with Crippen LogP contribution in [0.2, 0.25) is 0 Å². The molecule has 0 aromatic heterocycles. The van der Waals surface area contributed by atoms with Gasteiger partial charge in [-0.3, -0.25) is 0 Å². The SMILES string of the molecule is CC(C)CCCC(C)C1CCC2C3CC=C4CC(O)CCC4(C)C3CCC12C.OC[C@H]1OC(O)[C@H](O)[C@@H](O)[C@@H]1O. The van der Waals surface area contributed by atoms with E-state index in [1.54, 1.807) is 5.57 Å². The summed E-state index contributed by atoms with van der Waals surface area (Å²) < 4.78 is 4.58. The Bertz CT molecular complexity index is 857. The van der Waals surface area contributed by atoms with Crippen molar-refractivity contribution in [2.24, 2.45) is 46.3 Å². The molecule has 3 saturated carbocycles. The quantitative estimate of drug-likeness (QED) is 0.266. The zero-order valence-corrected chi connectivity index (χ0v) is 25.6. The van der Waals surface area contributed by atoms with Crippen molar-refractivity contribution >= 4 is 0 Å². The molecule has 4 fully saturated rings. The molecule has 6 N–H and O–H groups in total. The molecule has 40 heavy (non-hydrogen) atoms. The molecule has 0 aromatic rings. The first kappa shape index (κ1) is 32.4. The minimum atomic E-state index is -1.57. The number of aliphatic hydroxyl groups is 6. The van der Waals surface area contributed by atoms with E-state index in [-0.39, 0.29) is 6.10 Å². The summed E-state index contributed by atoms with van der Waals surface area (Å²) >= 11 is 0. The van der Waals surface area contributed by atoms with E-state index in [0.29, 0.717) is 10.8 Å². The second-order valence-electron chi connectivity index (χ2n) is 14.9. The van der Waals surface area contributed by atoms with E-state index in [1.165, 1.54) is 57.8 Å². The molecule has 4 aliphatic carbocycles. The average molecular weight is 567 g/mol. The van der Waals surface area contributed by atoms with Crippen LogP contribution in [0, 0.1) is 46.3 Å². The fourth-order valence-electron chi connectivity index (χ4n) is 9.75. The molecule has 5 rings (SSSR count). The normalized spacial score (nSPS) is 47.4. The van der Waals surface area contributed by atoms with Crippen molar-refractivity contribution < 1.29 is 35.4 Å². The molecule has 1 saturated heterocycles. The van der Waals surface area contributed by atoms with Gasteiger partial charge in [0.05, 0.1) is 12.7 Å². The Hall–Kier alpha value is -0.540. The highest BCUT2D eigenvalue weighted by molar-refractivity contribution is 5.25. The highest BCUT2D eigenvalue weighted by Crippen LogP contribution is 2.67. The number of hydrogen-bond acceptors (Lipinski definition) is 7. The van der Waals surface area contributed by atoms with E-state index >= 15 is 0 Å². The summed E-state index contributed by atoms with van der Waals surface area (Å²) in [5, 5.41) is 54.9. The highest BCUT2D eigenvalue weighted by Gasteiger charge is 2.59. The fourth-order valence-corrected chi connectivity index (χ4v) is 9.75. The molecule has 9 unspecified atom stereocenters. The van der Waals surface area contributed by atoms with Gasteiger partial charge in [0.25, 0.3) is 0 Å². The summed E-state index contributed by atoms with van der Waals surface area (Å²) in [6.45, 7) is 12.0. The maximum Gasteiger partial charge on any atom is 0.184 e. The van der Waals surface area contributed by atoms with Crippen LogP contribution in [0.15, 0.2) is 11.6 Å². The van der Waals surface area contributed by atoms with E-state index in [4.69, 9.17) is 25.5 Å². The molecule has 232 valence electrons. The lowest BCUT2D eigenvalue weighted by molar-refractivity contribution is -0.286. The van der Waals surface area contributed by atoms with Gasteiger partial charge in [-0.1, -0.05) is 65.5 Å².